The molecule has 10 fully saturated rings. The second kappa shape index (κ2) is 18.5. The number of hydrogen-bond donors (Lipinski definition) is 0. The van der Waals surface area contributed by atoms with Crippen LogP contribution in [0.15, 0.2) is 11.6 Å². The Bertz CT molecular complexity index is 1300. The Morgan fingerprint density at radius 3 is 0.897 bits per heavy atom. The van der Waals surface area contributed by atoms with Crippen molar-refractivity contribution in [2.75, 3.05) is 0 Å². The molecule has 0 radical (unpaired) electrons. The summed E-state index contributed by atoms with van der Waals surface area (Å²) in [7, 11) is 0. The van der Waals surface area contributed by atoms with Crippen LogP contribution in [0.25, 0.3) is 0 Å². The summed E-state index contributed by atoms with van der Waals surface area (Å²) in [6, 6.07) is 0. The molecule has 13 unspecified atom stereocenters. The van der Waals surface area contributed by atoms with Gasteiger partial charge in [0, 0.05) is 0 Å². The predicted molar refractivity (Wildman–Crippen MR) is 245 cm³/mol. The maximum atomic E-state index is 3.09. The van der Waals surface area contributed by atoms with E-state index in [-0.39, 0.29) is 0 Å². The summed E-state index contributed by atoms with van der Waals surface area (Å²) in [5, 5.41) is 0. The molecule has 11 aliphatic rings. The van der Waals surface area contributed by atoms with Gasteiger partial charge in [0.2, 0.25) is 0 Å². The first-order valence-electron chi connectivity index (χ1n) is 28.5. The normalized spacial score (nSPS) is 49.7. The van der Waals surface area contributed by atoms with Crippen molar-refractivity contribution < 1.29 is 0 Å². The standard InChI is InChI=1S/C58H94/c1-3-19-39(20-4-1)43-23-7-9-25-45(43)57-51-31-15-11-27-47(51)55(48-28-12-16-32-52(48)57)41-35-37-42(38-36-41)56-49-29-13-17-33-53(49)58(54-34-18-14-30-50(54)56)46-26-10-8-24-44(46)40-21-5-2-6-22-40/h35,39-40,42-58H,1-34,36-38H2. The molecule has 0 N–H and O–H groups in total. The molecule has 11 rings (SSSR count). The highest BCUT2D eigenvalue weighted by molar-refractivity contribution is 5.19. The Kier molecular flexibility index (Phi) is 12.9. The lowest BCUT2D eigenvalue weighted by Gasteiger charge is -2.62. The third kappa shape index (κ3) is 7.65. The van der Waals surface area contributed by atoms with Crippen molar-refractivity contribution in [1.29, 1.82) is 0 Å². The number of hydrogen-bond acceptors (Lipinski definition) is 0. The molecule has 13 atom stereocenters. The van der Waals surface area contributed by atoms with Crippen LogP contribution in [-0.4, -0.2) is 0 Å². The molecule has 0 heteroatoms. The van der Waals surface area contributed by atoms with Crippen LogP contribution in [0.3, 0.4) is 0 Å². The predicted octanol–water partition coefficient (Wildman–Crippen LogP) is 17.2. The monoisotopic (exact) mass is 791 g/mol. The molecule has 11 aliphatic carbocycles. The van der Waals surface area contributed by atoms with Gasteiger partial charge in [-0.2, -0.15) is 0 Å². The first-order valence-corrected chi connectivity index (χ1v) is 28.5. The largest absolute Gasteiger partial charge is 0.0847 e. The average Bonchev–Trinajstić information content (AvgIpc) is 3.30. The Labute approximate surface area is 360 Å². The average molecular weight is 791 g/mol. The summed E-state index contributed by atoms with van der Waals surface area (Å²) >= 11 is 0. The Hall–Kier alpha value is -0.260. The molecular formula is C58H94. The second-order valence-corrected chi connectivity index (χ2v) is 25.0. The summed E-state index contributed by atoms with van der Waals surface area (Å²) in [5.41, 5.74) is 2.09. The maximum Gasteiger partial charge on any atom is -0.0141 e. The van der Waals surface area contributed by atoms with E-state index in [1.807, 2.05) is 0 Å². The van der Waals surface area contributed by atoms with Gasteiger partial charge in [-0.05, 0) is 209 Å². The molecule has 0 saturated heterocycles. The van der Waals surface area contributed by atoms with Crippen LogP contribution in [0, 0.1) is 112 Å². The van der Waals surface area contributed by atoms with E-state index in [0.717, 1.165) is 112 Å². The van der Waals surface area contributed by atoms with Crippen LogP contribution in [0.4, 0.5) is 0 Å². The lowest BCUT2D eigenvalue weighted by atomic mass is 9.43. The van der Waals surface area contributed by atoms with Crippen LogP contribution >= 0.6 is 0 Å². The highest BCUT2D eigenvalue weighted by Gasteiger charge is 2.58. The molecule has 10 saturated carbocycles. The first kappa shape index (κ1) is 40.5. The van der Waals surface area contributed by atoms with Gasteiger partial charge in [0.25, 0.3) is 0 Å². The fourth-order valence-corrected chi connectivity index (χ4v) is 21.5. The number of rotatable bonds is 6. The van der Waals surface area contributed by atoms with Gasteiger partial charge in [0.1, 0.15) is 0 Å². The zero-order valence-corrected chi connectivity index (χ0v) is 38.2. The van der Waals surface area contributed by atoms with E-state index in [0.29, 0.717) is 0 Å². The third-order valence-corrected chi connectivity index (χ3v) is 23.1. The summed E-state index contributed by atoms with van der Waals surface area (Å²) < 4.78 is 0. The summed E-state index contributed by atoms with van der Waals surface area (Å²) in [4.78, 5) is 0. The van der Waals surface area contributed by atoms with Crippen LogP contribution in [-0.2, 0) is 0 Å². The molecule has 0 heterocycles. The zero-order valence-electron chi connectivity index (χ0n) is 38.2. The summed E-state index contributed by atoms with van der Waals surface area (Å²) in [6.45, 7) is 0. The molecule has 0 nitrogen and oxygen atoms in total. The molecule has 0 aromatic rings. The molecule has 326 valence electrons. The lowest BCUT2D eigenvalue weighted by molar-refractivity contribution is -0.123. The van der Waals surface area contributed by atoms with Crippen LogP contribution in [0.5, 0.6) is 0 Å². The molecule has 0 spiro atoms. The van der Waals surface area contributed by atoms with E-state index in [4.69, 9.17) is 0 Å². The van der Waals surface area contributed by atoms with Crippen LogP contribution in [0.2, 0.25) is 0 Å². The van der Waals surface area contributed by atoms with E-state index in [1.165, 1.54) is 25.7 Å². The van der Waals surface area contributed by atoms with Gasteiger partial charge >= 0.3 is 0 Å². The van der Waals surface area contributed by atoms with E-state index >= 15 is 0 Å². The van der Waals surface area contributed by atoms with Gasteiger partial charge in [-0.15, -0.1) is 0 Å². The van der Waals surface area contributed by atoms with Crippen LogP contribution < -0.4 is 0 Å². The molecule has 0 aromatic heterocycles. The highest BCUT2D eigenvalue weighted by Crippen LogP contribution is 2.66. The van der Waals surface area contributed by atoms with E-state index < -0.39 is 0 Å². The molecule has 0 bridgehead atoms. The van der Waals surface area contributed by atoms with Gasteiger partial charge in [-0.25, -0.2) is 0 Å². The van der Waals surface area contributed by atoms with E-state index in [9.17, 15) is 0 Å². The zero-order chi connectivity index (χ0) is 38.4. The van der Waals surface area contributed by atoms with Crippen molar-refractivity contribution in [3.63, 3.8) is 0 Å². The third-order valence-electron chi connectivity index (χ3n) is 23.1. The van der Waals surface area contributed by atoms with Crippen LogP contribution in [0.1, 0.15) is 238 Å². The van der Waals surface area contributed by atoms with Gasteiger partial charge in [0.05, 0.1) is 0 Å². The lowest BCUT2D eigenvalue weighted by Crippen LogP contribution is -2.55. The van der Waals surface area contributed by atoms with E-state index in [2.05, 4.69) is 11.6 Å². The van der Waals surface area contributed by atoms with Crippen molar-refractivity contribution >= 4 is 0 Å². The van der Waals surface area contributed by atoms with Crippen molar-refractivity contribution in [1.82, 2.24) is 0 Å². The fourth-order valence-electron chi connectivity index (χ4n) is 21.5. The second-order valence-electron chi connectivity index (χ2n) is 25.0. The minimum Gasteiger partial charge on any atom is -0.0847 e. The summed E-state index contributed by atoms with van der Waals surface area (Å²) in [6.07, 6.45) is 61.7. The first-order chi connectivity index (χ1) is 28.8. The van der Waals surface area contributed by atoms with Gasteiger partial charge in [-0.1, -0.05) is 153 Å². The molecule has 0 aliphatic heterocycles. The molecule has 0 aromatic carbocycles. The Balaban J connectivity index is 0.856. The number of allylic oxidation sites excluding steroid dienone is 2. The van der Waals surface area contributed by atoms with Crippen molar-refractivity contribution in [3.8, 4) is 0 Å². The van der Waals surface area contributed by atoms with E-state index in [1.54, 1.807) is 212 Å². The Morgan fingerprint density at radius 1 is 0.241 bits per heavy atom. The maximum absolute atomic E-state index is 3.09. The topological polar surface area (TPSA) is 0 Å². The van der Waals surface area contributed by atoms with Gasteiger partial charge in [-0.3, -0.25) is 0 Å². The minimum atomic E-state index is 0.994. The quantitative estimate of drug-likeness (QED) is 0.235. The highest BCUT2D eigenvalue weighted by atomic mass is 14.6. The number of fused-ring (bicyclic) bond motifs is 4. The van der Waals surface area contributed by atoms with Gasteiger partial charge in [0.15, 0.2) is 0 Å². The summed E-state index contributed by atoms with van der Waals surface area (Å²) in [5.74, 6) is 20.7. The van der Waals surface area contributed by atoms with Crippen molar-refractivity contribution in [2.24, 2.45) is 112 Å². The molecule has 0 amide bonds. The molecule has 58 heavy (non-hydrogen) atoms. The smallest absolute Gasteiger partial charge is 0.0141 e. The van der Waals surface area contributed by atoms with Crippen molar-refractivity contribution in [2.45, 2.75) is 238 Å². The molecular weight excluding hydrogens is 697 g/mol. The minimum absolute atomic E-state index is 0.994. The van der Waals surface area contributed by atoms with Crippen molar-refractivity contribution in [3.05, 3.63) is 11.6 Å². The fraction of sp³-hybridized carbons (Fsp3) is 0.966. The Morgan fingerprint density at radius 2 is 0.534 bits per heavy atom. The SMILES string of the molecule is C1=C(C2C3CCCCC3C(C3CCCCC3C3CCCCC3)C3CCCCC32)CCC(C2C3CCCCC3C(C3CCCCC3C3CCCCC3)C3CCCCC32)C1. The van der Waals surface area contributed by atoms with Gasteiger partial charge < -0.3 is 0 Å².